The van der Waals surface area contributed by atoms with Crippen molar-refractivity contribution < 1.29 is 0 Å². The molecule has 0 spiro atoms. The first-order chi connectivity index (χ1) is 8.86. The summed E-state index contributed by atoms with van der Waals surface area (Å²) in [5, 5.41) is 6.12. The fourth-order valence-electron chi connectivity index (χ4n) is 2.27. The van der Waals surface area contributed by atoms with Crippen LogP contribution in [0.3, 0.4) is 0 Å². The van der Waals surface area contributed by atoms with E-state index in [2.05, 4.69) is 47.7 Å². The van der Waals surface area contributed by atoms with E-state index in [4.69, 9.17) is 0 Å². The highest BCUT2D eigenvalue weighted by molar-refractivity contribution is 7.98. The van der Waals surface area contributed by atoms with E-state index in [9.17, 15) is 0 Å². The molecule has 0 amide bonds. The minimum atomic E-state index is 0.404. The van der Waals surface area contributed by atoms with Crippen LogP contribution >= 0.6 is 11.8 Å². The zero-order chi connectivity index (χ0) is 12.8. The molecule has 2 rings (SSSR count). The first kappa shape index (κ1) is 13.4. The molecule has 0 radical (unpaired) electrons. The van der Waals surface area contributed by atoms with Crippen molar-refractivity contribution in [1.82, 2.24) is 10.3 Å². The minimum Gasteiger partial charge on any atom is -0.310 e. The average Bonchev–Trinajstić information content (AvgIpc) is 2.43. The average molecular weight is 260 g/mol. The first-order valence-corrected chi connectivity index (χ1v) is 7.81. The maximum absolute atomic E-state index is 4.38. The number of rotatable bonds is 6. The lowest BCUT2D eigenvalue weighted by molar-refractivity contribution is 0.543. The van der Waals surface area contributed by atoms with Crippen LogP contribution in [0.1, 0.15) is 24.9 Å². The number of fused-ring (bicyclic) bond motifs is 1. The van der Waals surface area contributed by atoms with Gasteiger partial charge in [-0.05, 0) is 35.9 Å². The Hall–Kier alpha value is -1.06. The van der Waals surface area contributed by atoms with Crippen molar-refractivity contribution in [2.45, 2.75) is 19.4 Å². The van der Waals surface area contributed by atoms with Crippen LogP contribution in [-0.2, 0) is 0 Å². The van der Waals surface area contributed by atoms with Gasteiger partial charge in [-0.2, -0.15) is 11.8 Å². The van der Waals surface area contributed by atoms with Gasteiger partial charge in [0.05, 0.1) is 0 Å². The van der Waals surface area contributed by atoms with Gasteiger partial charge in [-0.1, -0.05) is 31.2 Å². The number of hydrogen-bond donors (Lipinski definition) is 1. The van der Waals surface area contributed by atoms with Gasteiger partial charge in [-0.25, -0.2) is 0 Å². The molecule has 1 aromatic heterocycles. The van der Waals surface area contributed by atoms with Crippen molar-refractivity contribution in [2.75, 3.05) is 18.6 Å². The van der Waals surface area contributed by atoms with Gasteiger partial charge in [-0.3, -0.25) is 4.98 Å². The lowest BCUT2D eigenvalue weighted by atomic mass is 10.00. The third-order valence-corrected chi connectivity index (χ3v) is 3.78. The maximum atomic E-state index is 4.38. The van der Waals surface area contributed by atoms with E-state index in [1.54, 1.807) is 0 Å². The Balaban J connectivity index is 2.36. The van der Waals surface area contributed by atoms with E-state index in [0.29, 0.717) is 6.04 Å². The van der Waals surface area contributed by atoms with E-state index in [1.165, 1.54) is 22.1 Å². The number of nitrogens with one attached hydrogen (secondary N) is 1. The monoisotopic (exact) mass is 260 g/mol. The highest BCUT2D eigenvalue weighted by atomic mass is 32.2. The van der Waals surface area contributed by atoms with Gasteiger partial charge in [-0.15, -0.1) is 0 Å². The van der Waals surface area contributed by atoms with E-state index in [0.717, 1.165) is 13.0 Å². The van der Waals surface area contributed by atoms with Gasteiger partial charge in [0.25, 0.3) is 0 Å². The molecule has 0 aliphatic heterocycles. The molecule has 1 heterocycles. The zero-order valence-corrected chi connectivity index (χ0v) is 11.8. The quantitative estimate of drug-likeness (QED) is 0.858. The zero-order valence-electron chi connectivity index (χ0n) is 11.0. The summed E-state index contributed by atoms with van der Waals surface area (Å²) in [6, 6.07) is 8.89. The number of aromatic nitrogens is 1. The summed E-state index contributed by atoms with van der Waals surface area (Å²) in [5.74, 6) is 1.17. The second-order valence-electron chi connectivity index (χ2n) is 4.34. The van der Waals surface area contributed by atoms with Crippen LogP contribution < -0.4 is 5.32 Å². The molecule has 1 unspecified atom stereocenters. The number of benzene rings is 1. The fourth-order valence-corrected chi connectivity index (χ4v) is 2.74. The molecule has 0 saturated carbocycles. The number of thioether (sulfide) groups is 1. The Bertz CT molecular complexity index is 493. The van der Waals surface area contributed by atoms with Crippen LogP contribution in [-0.4, -0.2) is 23.5 Å². The van der Waals surface area contributed by atoms with Crippen LogP contribution in [0.4, 0.5) is 0 Å². The highest BCUT2D eigenvalue weighted by Crippen LogP contribution is 2.25. The summed E-state index contributed by atoms with van der Waals surface area (Å²) in [6.45, 7) is 3.15. The van der Waals surface area contributed by atoms with E-state index >= 15 is 0 Å². The maximum Gasteiger partial charge on any atom is 0.0349 e. The molecule has 1 atom stereocenters. The second kappa shape index (κ2) is 6.76. The highest BCUT2D eigenvalue weighted by Gasteiger charge is 2.13. The van der Waals surface area contributed by atoms with Gasteiger partial charge in [0, 0.05) is 23.8 Å². The molecule has 18 heavy (non-hydrogen) atoms. The molecule has 0 bridgehead atoms. The molecule has 96 valence electrons. The Labute approximate surface area is 113 Å². The van der Waals surface area contributed by atoms with E-state index in [-0.39, 0.29) is 0 Å². The van der Waals surface area contributed by atoms with Crippen LogP contribution in [0, 0.1) is 0 Å². The largest absolute Gasteiger partial charge is 0.310 e. The number of hydrogen-bond acceptors (Lipinski definition) is 3. The third kappa shape index (κ3) is 3.03. The first-order valence-electron chi connectivity index (χ1n) is 6.41. The van der Waals surface area contributed by atoms with Crippen LogP contribution in [0.25, 0.3) is 10.8 Å². The predicted molar refractivity (Wildman–Crippen MR) is 81.2 cm³/mol. The summed E-state index contributed by atoms with van der Waals surface area (Å²) >= 11 is 1.90. The molecular formula is C15H20N2S. The molecule has 2 aromatic rings. The van der Waals surface area contributed by atoms with Gasteiger partial charge in [0.15, 0.2) is 0 Å². The summed E-state index contributed by atoms with van der Waals surface area (Å²) in [5.41, 5.74) is 1.32. The van der Waals surface area contributed by atoms with Gasteiger partial charge in [0.1, 0.15) is 0 Å². The standard InChI is InChI=1S/C15H20N2S/c1-3-17-15(8-9-18-2)14-11-16-10-12-6-4-5-7-13(12)14/h4-7,10-11,15,17H,3,8-9H2,1-2H3. The smallest absolute Gasteiger partial charge is 0.0349 e. The van der Waals surface area contributed by atoms with Crippen molar-refractivity contribution in [3.05, 3.63) is 42.2 Å². The Kier molecular flexibility index (Phi) is 5.02. The molecule has 3 heteroatoms. The Morgan fingerprint density at radius 2 is 2.11 bits per heavy atom. The Morgan fingerprint density at radius 1 is 1.28 bits per heavy atom. The second-order valence-corrected chi connectivity index (χ2v) is 5.33. The number of nitrogens with zero attached hydrogens (tertiary/aromatic N) is 1. The van der Waals surface area contributed by atoms with Crippen LogP contribution in [0.5, 0.6) is 0 Å². The van der Waals surface area contributed by atoms with Crippen molar-refractivity contribution in [3.8, 4) is 0 Å². The topological polar surface area (TPSA) is 24.9 Å². The molecule has 0 saturated heterocycles. The van der Waals surface area contributed by atoms with Gasteiger partial charge >= 0.3 is 0 Å². The molecular weight excluding hydrogens is 240 g/mol. The van der Waals surface area contributed by atoms with Crippen molar-refractivity contribution in [1.29, 1.82) is 0 Å². The van der Waals surface area contributed by atoms with Crippen LogP contribution in [0.15, 0.2) is 36.7 Å². The molecule has 0 aliphatic rings. The van der Waals surface area contributed by atoms with E-state index in [1.807, 2.05) is 24.2 Å². The molecule has 1 aromatic carbocycles. The lowest BCUT2D eigenvalue weighted by Crippen LogP contribution is -2.22. The Morgan fingerprint density at radius 3 is 2.89 bits per heavy atom. The van der Waals surface area contributed by atoms with Crippen molar-refractivity contribution in [2.24, 2.45) is 0 Å². The summed E-state index contributed by atoms with van der Waals surface area (Å²) in [7, 11) is 0. The van der Waals surface area contributed by atoms with Gasteiger partial charge in [0.2, 0.25) is 0 Å². The van der Waals surface area contributed by atoms with Crippen molar-refractivity contribution >= 4 is 22.5 Å². The van der Waals surface area contributed by atoms with E-state index < -0.39 is 0 Å². The molecule has 2 nitrogen and oxygen atoms in total. The lowest BCUT2D eigenvalue weighted by Gasteiger charge is -2.19. The minimum absolute atomic E-state index is 0.404. The fraction of sp³-hybridized carbons (Fsp3) is 0.400. The number of pyridine rings is 1. The molecule has 0 fully saturated rings. The SMILES string of the molecule is CCNC(CCSC)c1cncc2ccccc12. The summed E-state index contributed by atoms with van der Waals surface area (Å²) in [4.78, 5) is 4.38. The molecule has 1 N–H and O–H groups in total. The third-order valence-electron chi connectivity index (χ3n) is 3.14. The van der Waals surface area contributed by atoms with Crippen LogP contribution in [0.2, 0.25) is 0 Å². The van der Waals surface area contributed by atoms with Gasteiger partial charge < -0.3 is 5.32 Å². The summed E-state index contributed by atoms with van der Waals surface area (Å²) < 4.78 is 0. The summed E-state index contributed by atoms with van der Waals surface area (Å²) in [6.07, 6.45) is 7.25. The van der Waals surface area contributed by atoms with Crippen molar-refractivity contribution in [3.63, 3.8) is 0 Å². The predicted octanol–water partition coefficient (Wildman–Crippen LogP) is 3.64. The normalized spacial score (nSPS) is 12.8. The molecule has 0 aliphatic carbocycles.